The first-order valence-corrected chi connectivity index (χ1v) is 6.44. The highest BCUT2D eigenvalue weighted by atomic mass is 35.5. The van der Waals surface area contributed by atoms with Crippen LogP contribution in [0.4, 0.5) is 0 Å². The van der Waals surface area contributed by atoms with Gasteiger partial charge in [-0.15, -0.1) is 24.8 Å². The molecule has 19 heavy (non-hydrogen) atoms. The van der Waals surface area contributed by atoms with Crippen LogP contribution in [-0.4, -0.2) is 30.3 Å². The Morgan fingerprint density at radius 2 is 1.84 bits per heavy atom. The maximum absolute atomic E-state index is 9.92. The summed E-state index contributed by atoms with van der Waals surface area (Å²) in [6.45, 7) is 1.62. The van der Waals surface area contributed by atoms with Crippen molar-refractivity contribution >= 4 is 24.8 Å². The van der Waals surface area contributed by atoms with Crippen LogP contribution in [0.25, 0.3) is 0 Å². The smallest absolute Gasteiger partial charge is 0.0818 e. The first kappa shape index (κ1) is 18.7. The van der Waals surface area contributed by atoms with Gasteiger partial charge in [0.2, 0.25) is 0 Å². The van der Waals surface area contributed by atoms with Crippen molar-refractivity contribution in [3.8, 4) is 0 Å². The summed E-state index contributed by atoms with van der Waals surface area (Å²) in [5.41, 5.74) is 7.17. The molecule has 0 unspecified atom stereocenters. The topological polar surface area (TPSA) is 58.3 Å². The van der Waals surface area contributed by atoms with E-state index in [1.807, 2.05) is 30.3 Å². The summed E-state index contributed by atoms with van der Waals surface area (Å²) in [6.07, 6.45) is 2.93. The van der Waals surface area contributed by atoms with Gasteiger partial charge in [-0.3, -0.25) is 0 Å². The highest BCUT2D eigenvalue weighted by molar-refractivity contribution is 5.85. The van der Waals surface area contributed by atoms with Crippen LogP contribution in [0, 0.1) is 5.92 Å². The number of hydrogen-bond donors (Lipinski definition) is 3. The van der Waals surface area contributed by atoms with E-state index in [9.17, 15) is 5.11 Å². The van der Waals surface area contributed by atoms with Crippen LogP contribution < -0.4 is 11.1 Å². The summed E-state index contributed by atoms with van der Waals surface area (Å²) in [6, 6.07) is 9.89. The number of nitrogens with two attached hydrogens (primary N) is 1. The third kappa shape index (κ3) is 7.14. The Kier molecular flexibility index (Phi) is 9.40. The molecule has 1 aliphatic carbocycles. The van der Waals surface area contributed by atoms with Crippen LogP contribution in [0.3, 0.4) is 0 Å². The number of halogens is 2. The highest BCUT2D eigenvalue weighted by Gasteiger charge is 2.21. The Morgan fingerprint density at radius 1 is 1.21 bits per heavy atom. The van der Waals surface area contributed by atoms with Crippen molar-refractivity contribution < 1.29 is 5.11 Å². The molecule has 1 saturated carbocycles. The van der Waals surface area contributed by atoms with Crippen LogP contribution >= 0.6 is 24.8 Å². The molecule has 1 aromatic carbocycles. The maximum Gasteiger partial charge on any atom is 0.0818 e. The highest BCUT2D eigenvalue weighted by Crippen LogP contribution is 2.27. The van der Waals surface area contributed by atoms with Crippen LogP contribution in [0.5, 0.6) is 0 Å². The Morgan fingerprint density at radius 3 is 2.42 bits per heavy atom. The Hall–Kier alpha value is -0.320. The minimum absolute atomic E-state index is 0. The van der Waals surface area contributed by atoms with Crippen molar-refractivity contribution in [2.24, 2.45) is 11.7 Å². The first-order chi connectivity index (χ1) is 8.25. The van der Waals surface area contributed by atoms with Gasteiger partial charge < -0.3 is 16.2 Å². The van der Waals surface area contributed by atoms with Crippen LogP contribution in [0.1, 0.15) is 18.4 Å². The molecule has 0 spiro atoms. The summed E-state index contributed by atoms with van der Waals surface area (Å²) in [4.78, 5) is 0. The summed E-state index contributed by atoms with van der Waals surface area (Å²) < 4.78 is 0. The second-order valence-electron chi connectivity index (χ2n) is 5.02. The van der Waals surface area contributed by atoms with E-state index in [-0.39, 0.29) is 30.9 Å². The molecule has 0 saturated heterocycles. The number of nitrogens with one attached hydrogen (secondary N) is 1. The van der Waals surface area contributed by atoms with E-state index in [4.69, 9.17) is 5.73 Å². The van der Waals surface area contributed by atoms with Gasteiger partial charge >= 0.3 is 0 Å². The number of aliphatic hydroxyl groups is 1. The summed E-state index contributed by atoms with van der Waals surface area (Å²) in [5.74, 6) is 0.840. The zero-order valence-electron chi connectivity index (χ0n) is 11.0. The minimum Gasteiger partial charge on any atom is -0.390 e. The van der Waals surface area contributed by atoms with E-state index < -0.39 is 6.10 Å². The molecule has 0 radical (unpaired) electrons. The average molecular weight is 307 g/mol. The fourth-order valence-corrected chi connectivity index (χ4v) is 1.93. The minimum atomic E-state index is -0.464. The van der Waals surface area contributed by atoms with E-state index in [1.165, 1.54) is 18.4 Å². The largest absolute Gasteiger partial charge is 0.390 e. The monoisotopic (exact) mass is 306 g/mol. The molecule has 1 aromatic rings. The summed E-state index contributed by atoms with van der Waals surface area (Å²) >= 11 is 0. The molecular formula is C14H24Cl2N2O. The van der Waals surface area contributed by atoms with Gasteiger partial charge in [0.15, 0.2) is 0 Å². The van der Waals surface area contributed by atoms with Gasteiger partial charge in [0.05, 0.1) is 6.10 Å². The summed E-state index contributed by atoms with van der Waals surface area (Å²) in [5, 5.41) is 13.2. The van der Waals surface area contributed by atoms with Crippen molar-refractivity contribution in [2.75, 3.05) is 13.1 Å². The fourth-order valence-electron chi connectivity index (χ4n) is 1.93. The standard InChI is InChI=1S/C14H22N2O.2ClH/c15-13(8-11-4-2-1-3-5-11)14(17)10-16-9-12-6-7-12;;/h1-5,12-14,16-17H,6-10,15H2;2*1H/t13-,14+;;/m0../s1. The van der Waals surface area contributed by atoms with Crippen molar-refractivity contribution in [1.82, 2.24) is 5.32 Å². The quantitative estimate of drug-likeness (QED) is 0.719. The predicted molar refractivity (Wildman–Crippen MR) is 84.2 cm³/mol. The molecule has 4 N–H and O–H groups in total. The molecule has 0 amide bonds. The molecule has 110 valence electrons. The van der Waals surface area contributed by atoms with E-state index in [1.54, 1.807) is 0 Å². The molecule has 0 aliphatic heterocycles. The zero-order valence-corrected chi connectivity index (χ0v) is 12.6. The molecule has 2 atom stereocenters. The number of hydrogen-bond acceptors (Lipinski definition) is 3. The second-order valence-corrected chi connectivity index (χ2v) is 5.02. The average Bonchev–Trinajstić information content (AvgIpc) is 3.14. The van der Waals surface area contributed by atoms with Gasteiger partial charge in [0, 0.05) is 12.6 Å². The first-order valence-electron chi connectivity index (χ1n) is 6.44. The van der Waals surface area contributed by atoms with Gasteiger partial charge in [0.25, 0.3) is 0 Å². The third-order valence-corrected chi connectivity index (χ3v) is 3.29. The molecule has 0 aromatic heterocycles. The number of benzene rings is 1. The van der Waals surface area contributed by atoms with Crippen LogP contribution in [0.2, 0.25) is 0 Å². The Bertz CT molecular complexity index is 333. The van der Waals surface area contributed by atoms with E-state index in [0.29, 0.717) is 6.54 Å². The lowest BCUT2D eigenvalue weighted by molar-refractivity contribution is 0.141. The van der Waals surface area contributed by atoms with Crippen molar-refractivity contribution in [2.45, 2.75) is 31.4 Å². The predicted octanol–water partition coefficient (Wildman–Crippen LogP) is 1.76. The van der Waals surface area contributed by atoms with Crippen LogP contribution in [-0.2, 0) is 6.42 Å². The SMILES string of the molecule is Cl.Cl.N[C@@H](Cc1ccccc1)[C@H](O)CNCC1CC1. The summed E-state index contributed by atoms with van der Waals surface area (Å²) in [7, 11) is 0. The van der Waals surface area contributed by atoms with E-state index >= 15 is 0 Å². The van der Waals surface area contributed by atoms with Gasteiger partial charge in [-0.05, 0) is 37.3 Å². The molecule has 0 bridgehead atoms. The molecule has 1 fully saturated rings. The lowest BCUT2D eigenvalue weighted by Gasteiger charge is -2.19. The van der Waals surface area contributed by atoms with Crippen LogP contribution in [0.15, 0.2) is 30.3 Å². The fraction of sp³-hybridized carbons (Fsp3) is 0.571. The lowest BCUT2D eigenvalue weighted by Crippen LogP contribution is -2.43. The Labute approximate surface area is 127 Å². The Balaban J connectivity index is 0.00000162. The zero-order chi connectivity index (χ0) is 12.1. The van der Waals surface area contributed by atoms with Gasteiger partial charge in [0.1, 0.15) is 0 Å². The lowest BCUT2D eigenvalue weighted by atomic mass is 10.0. The van der Waals surface area contributed by atoms with Gasteiger partial charge in [-0.2, -0.15) is 0 Å². The molecule has 0 heterocycles. The van der Waals surface area contributed by atoms with Gasteiger partial charge in [-0.1, -0.05) is 30.3 Å². The molecular weight excluding hydrogens is 283 g/mol. The van der Waals surface area contributed by atoms with Crippen molar-refractivity contribution in [3.63, 3.8) is 0 Å². The van der Waals surface area contributed by atoms with Gasteiger partial charge in [-0.25, -0.2) is 0 Å². The third-order valence-electron chi connectivity index (χ3n) is 3.29. The maximum atomic E-state index is 9.92. The molecule has 3 nitrogen and oxygen atoms in total. The van der Waals surface area contributed by atoms with E-state index in [0.717, 1.165) is 18.9 Å². The number of aliphatic hydroxyl groups excluding tert-OH is 1. The van der Waals surface area contributed by atoms with Crippen molar-refractivity contribution in [3.05, 3.63) is 35.9 Å². The normalized spacial score (nSPS) is 16.9. The molecule has 2 rings (SSSR count). The second kappa shape index (κ2) is 9.56. The van der Waals surface area contributed by atoms with E-state index in [2.05, 4.69) is 5.32 Å². The molecule has 5 heteroatoms. The molecule has 1 aliphatic rings. The number of rotatable bonds is 7. The van der Waals surface area contributed by atoms with Crippen molar-refractivity contribution in [1.29, 1.82) is 0 Å².